The number of rotatable bonds is 11. The average molecular weight is 521 g/mol. The first kappa shape index (κ1) is 28.3. The van der Waals surface area contributed by atoms with Crippen molar-refractivity contribution in [2.45, 2.75) is 58.5 Å². The van der Waals surface area contributed by atoms with Crippen LogP contribution in [0.25, 0.3) is 0 Å². The van der Waals surface area contributed by atoms with Gasteiger partial charge in [-0.2, -0.15) is 0 Å². The fourth-order valence-corrected chi connectivity index (χ4v) is 4.24. The molecule has 3 aromatic rings. The predicted octanol–water partition coefficient (Wildman–Crippen LogP) is 6.18. The third-order valence-electron chi connectivity index (χ3n) is 6.14. The molecule has 0 aliphatic heterocycles. The molecule has 3 aromatic carbocycles. The van der Waals surface area contributed by atoms with Gasteiger partial charge in [-0.15, -0.1) is 0 Å². The molecule has 3 rings (SSSR count). The van der Waals surface area contributed by atoms with Gasteiger partial charge in [-0.3, -0.25) is 9.59 Å². The van der Waals surface area contributed by atoms with Gasteiger partial charge in [0.25, 0.3) is 5.91 Å². The predicted molar refractivity (Wildman–Crippen MR) is 150 cm³/mol. The lowest BCUT2D eigenvalue weighted by atomic mass is 9.87. The minimum absolute atomic E-state index is 0.0264. The zero-order valence-electron chi connectivity index (χ0n) is 22.2. The van der Waals surface area contributed by atoms with E-state index < -0.39 is 6.04 Å². The summed E-state index contributed by atoms with van der Waals surface area (Å²) in [5, 5.41) is 3.56. The van der Waals surface area contributed by atoms with E-state index in [1.165, 1.54) is 5.56 Å². The molecule has 0 saturated heterocycles. The number of nitrogens with zero attached hydrogens (tertiary/aromatic N) is 1. The van der Waals surface area contributed by atoms with Gasteiger partial charge in [0, 0.05) is 24.5 Å². The van der Waals surface area contributed by atoms with Gasteiger partial charge in [0.2, 0.25) is 5.91 Å². The summed E-state index contributed by atoms with van der Waals surface area (Å²) in [6.07, 6.45) is 1.20. The Morgan fingerprint density at radius 1 is 0.946 bits per heavy atom. The van der Waals surface area contributed by atoms with E-state index in [0.717, 1.165) is 17.5 Å². The maximum absolute atomic E-state index is 13.6. The van der Waals surface area contributed by atoms with Gasteiger partial charge in [0.05, 0.1) is 0 Å². The van der Waals surface area contributed by atoms with Crippen molar-refractivity contribution in [3.8, 4) is 5.75 Å². The zero-order valence-corrected chi connectivity index (χ0v) is 22.9. The summed E-state index contributed by atoms with van der Waals surface area (Å²) in [5.74, 6) is 0.155. The average Bonchev–Trinajstić information content (AvgIpc) is 2.88. The Kier molecular flexibility index (Phi) is 10.2. The van der Waals surface area contributed by atoms with Crippen molar-refractivity contribution < 1.29 is 14.3 Å². The van der Waals surface area contributed by atoms with Crippen LogP contribution in [-0.4, -0.2) is 35.9 Å². The molecule has 6 heteroatoms. The van der Waals surface area contributed by atoms with E-state index in [9.17, 15) is 9.59 Å². The number of amides is 2. The molecule has 0 aromatic heterocycles. The van der Waals surface area contributed by atoms with Crippen LogP contribution < -0.4 is 10.1 Å². The van der Waals surface area contributed by atoms with Crippen molar-refractivity contribution in [1.29, 1.82) is 0 Å². The molecular weight excluding hydrogens is 484 g/mol. The molecule has 1 N–H and O–H groups in total. The van der Waals surface area contributed by atoms with Crippen molar-refractivity contribution >= 4 is 23.4 Å². The van der Waals surface area contributed by atoms with Crippen LogP contribution in [-0.2, 0) is 28.0 Å². The molecule has 5 nitrogen and oxygen atoms in total. The van der Waals surface area contributed by atoms with Gasteiger partial charge in [-0.05, 0) is 52.8 Å². The molecule has 1 atom stereocenters. The fraction of sp³-hybridized carbons (Fsp3) is 0.355. The number of hydrogen-bond donors (Lipinski definition) is 1. The largest absolute Gasteiger partial charge is 0.484 e. The smallest absolute Gasteiger partial charge is 0.261 e. The molecule has 37 heavy (non-hydrogen) atoms. The minimum atomic E-state index is -0.702. The van der Waals surface area contributed by atoms with Gasteiger partial charge in [-0.1, -0.05) is 93.9 Å². The lowest BCUT2D eigenvalue weighted by molar-refractivity contribution is -0.142. The van der Waals surface area contributed by atoms with E-state index >= 15 is 0 Å². The lowest BCUT2D eigenvalue weighted by Crippen LogP contribution is -2.51. The standard InChI is InChI=1S/C31H37ClN2O3/c1-5-18-33-30(36)28(20-23-10-7-6-8-11-23)34(21-24-12-9-13-26(32)19-24)29(35)22-37-27-16-14-25(15-17-27)31(2,3)4/h6-17,19,28H,5,18,20-22H2,1-4H3,(H,33,36). The van der Waals surface area contributed by atoms with Crippen LogP contribution in [0.1, 0.15) is 50.8 Å². The number of ether oxygens (including phenoxy) is 1. The van der Waals surface area contributed by atoms with Crippen molar-refractivity contribution in [1.82, 2.24) is 10.2 Å². The molecular formula is C31H37ClN2O3. The monoisotopic (exact) mass is 520 g/mol. The summed E-state index contributed by atoms with van der Waals surface area (Å²) in [5.41, 5.74) is 3.03. The van der Waals surface area contributed by atoms with Gasteiger partial charge in [0.1, 0.15) is 11.8 Å². The van der Waals surface area contributed by atoms with Gasteiger partial charge < -0.3 is 15.0 Å². The Hall–Kier alpha value is -3.31. The van der Waals surface area contributed by atoms with Crippen LogP contribution in [0.2, 0.25) is 5.02 Å². The molecule has 0 bridgehead atoms. The fourth-order valence-electron chi connectivity index (χ4n) is 4.03. The Bertz CT molecular complexity index is 1160. The van der Waals surface area contributed by atoms with Crippen LogP contribution in [0.5, 0.6) is 5.75 Å². The molecule has 0 spiro atoms. The Morgan fingerprint density at radius 2 is 1.62 bits per heavy atom. The molecule has 1 unspecified atom stereocenters. The number of halogens is 1. The summed E-state index contributed by atoms with van der Waals surface area (Å²) >= 11 is 6.23. The molecule has 0 aliphatic rings. The summed E-state index contributed by atoms with van der Waals surface area (Å²) in [4.78, 5) is 28.6. The van der Waals surface area contributed by atoms with E-state index in [1.54, 1.807) is 11.0 Å². The highest BCUT2D eigenvalue weighted by Gasteiger charge is 2.30. The third kappa shape index (κ3) is 8.64. The van der Waals surface area contributed by atoms with E-state index in [1.807, 2.05) is 79.7 Å². The summed E-state index contributed by atoms with van der Waals surface area (Å²) in [6, 6.07) is 24.2. The number of hydrogen-bond acceptors (Lipinski definition) is 3. The van der Waals surface area contributed by atoms with Crippen LogP contribution in [0.4, 0.5) is 0 Å². The Balaban J connectivity index is 1.86. The SMILES string of the molecule is CCCNC(=O)C(Cc1ccccc1)N(Cc1cccc(Cl)c1)C(=O)COc1ccc(C(C)(C)C)cc1. The van der Waals surface area contributed by atoms with E-state index in [4.69, 9.17) is 16.3 Å². The highest BCUT2D eigenvalue weighted by atomic mass is 35.5. The zero-order chi connectivity index (χ0) is 26.8. The lowest BCUT2D eigenvalue weighted by Gasteiger charge is -2.31. The van der Waals surface area contributed by atoms with Crippen LogP contribution in [0, 0.1) is 0 Å². The number of carbonyl (C=O) groups is 2. The van der Waals surface area contributed by atoms with Crippen molar-refractivity contribution in [2.75, 3.05) is 13.2 Å². The quantitative estimate of drug-likeness (QED) is 0.328. The minimum Gasteiger partial charge on any atom is -0.484 e. The van der Waals surface area contributed by atoms with Crippen LogP contribution >= 0.6 is 11.6 Å². The molecule has 0 heterocycles. The molecule has 2 amide bonds. The number of nitrogens with one attached hydrogen (secondary N) is 1. The third-order valence-corrected chi connectivity index (χ3v) is 6.38. The summed E-state index contributed by atoms with van der Waals surface area (Å²) < 4.78 is 5.89. The summed E-state index contributed by atoms with van der Waals surface area (Å²) in [7, 11) is 0. The van der Waals surface area contributed by atoms with E-state index in [0.29, 0.717) is 23.7 Å². The Morgan fingerprint density at radius 3 is 2.24 bits per heavy atom. The second-order valence-electron chi connectivity index (χ2n) is 10.2. The highest BCUT2D eigenvalue weighted by molar-refractivity contribution is 6.30. The summed E-state index contributed by atoms with van der Waals surface area (Å²) in [6.45, 7) is 9.05. The van der Waals surface area contributed by atoms with Crippen molar-refractivity contribution in [3.05, 3.63) is 101 Å². The maximum Gasteiger partial charge on any atom is 0.261 e. The van der Waals surface area contributed by atoms with Gasteiger partial charge in [0.15, 0.2) is 6.61 Å². The van der Waals surface area contributed by atoms with Crippen LogP contribution in [0.3, 0.4) is 0 Å². The van der Waals surface area contributed by atoms with Crippen molar-refractivity contribution in [2.24, 2.45) is 0 Å². The first-order valence-corrected chi connectivity index (χ1v) is 13.1. The van der Waals surface area contributed by atoms with Gasteiger partial charge in [-0.25, -0.2) is 0 Å². The van der Waals surface area contributed by atoms with Gasteiger partial charge >= 0.3 is 0 Å². The molecule has 0 fully saturated rings. The number of benzene rings is 3. The topological polar surface area (TPSA) is 58.6 Å². The first-order chi connectivity index (χ1) is 17.7. The molecule has 0 radical (unpaired) electrons. The van der Waals surface area contributed by atoms with Crippen LogP contribution in [0.15, 0.2) is 78.9 Å². The Labute approximate surface area is 225 Å². The highest BCUT2D eigenvalue weighted by Crippen LogP contribution is 2.24. The molecule has 0 aliphatic carbocycles. The second kappa shape index (κ2) is 13.3. The molecule has 0 saturated carbocycles. The van der Waals surface area contributed by atoms with E-state index in [-0.39, 0.29) is 30.4 Å². The first-order valence-electron chi connectivity index (χ1n) is 12.8. The van der Waals surface area contributed by atoms with Crippen molar-refractivity contribution in [3.63, 3.8) is 0 Å². The van der Waals surface area contributed by atoms with E-state index in [2.05, 4.69) is 26.1 Å². The number of carbonyl (C=O) groups excluding carboxylic acids is 2. The normalized spacial score (nSPS) is 12.0. The second-order valence-corrected chi connectivity index (χ2v) is 10.6. The maximum atomic E-state index is 13.6. The molecule has 196 valence electrons.